The van der Waals surface area contributed by atoms with Crippen LogP contribution < -0.4 is 5.46 Å². The fourth-order valence-corrected chi connectivity index (χ4v) is 1.81. The molecule has 0 spiro atoms. The Morgan fingerprint density at radius 1 is 1.58 bits per heavy atom. The van der Waals surface area contributed by atoms with Gasteiger partial charge in [-0.15, -0.1) is 0 Å². The Bertz CT molecular complexity index is 331. The van der Waals surface area contributed by atoms with Gasteiger partial charge in [0, 0.05) is 4.47 Å². The fourth-order valence-electron chi connectivity index (χ4n) is 1.25. The maximum Gasteiger partial charge on any atom is 0.491 e. The van der Waals surface area contributed by atoms with E-state index in [1.165, 1.54) is 12.1 Å². The zero-order valence-corrected chi connectivity index (χ0v) is 7.64. The molecular formula is C7H5BBrFO2. The Morgan fingerprint density at radius 2 is 2.33 bits per heavy atom. The lowest BCUT2D eigenvalue weighted by molar-refractivity contribution is 0.275. The molecule has 1 heterocycles. The van der Waals surface area contributed by atoms with Crippen LogP contribution in [0.2, 0.25) is 0 Å². The maximum absolute atomic E-state index is 12.8. The van der Waals surface area contributed by atoms with Gasteiger partial charge in [-0.3, -0.25) is 0 Å². The topological polar surface area (TPSA) is 29.5 Å². The Kier molecular flexibility index (Phi) is 1.94. The highest BCUT2D eigenvalue weighted by Gasteiger charge is 2.29. The van der Waals surface area contributed by atoms with Crippen molar-refractivity contribution in [2.45, 2.75) is 6.61 Å². The molecule has 1 aromatic rings. The van der Waals surface area contributed by atoms with Crippen molar-refractivity contribution in [1.82, 2.24) is 0 Å². The van der Waals surface area contributed by atoms with Gasteiger partial charge in [0.2, 0.25) is 0 Å². The van der Waals surface area contributed by atoms with E-state index in [-0.39, 0.29) is 5.82 Å². The summed E-state index contributed by atoms with van der Waals surface area (Å²) < 4.78 is 18.4. The van der Waals surface area contributed by atoms with Gasteiger partial charge in [-0.1, -0.05) is 15.9 Å². The number of hydrogen-bond donors (Lipinski definition) is 1. The van der Waals surface area contributed by atoms with Crippen molar-refractivity contribution in [3.05, 3.63) is 28.0 Å². The molecule has 0 aliphatic carbocycles. The van der Waals surface area contributed by atoms with Gasteiger partial charge in [0.05, 0.1) is 6.61 Å². The Morgan fingerprint density at radius 3 is 3.08 bits per heavy atom. The standard InChI is InChI=1S/C7H5BBrFO2/c9-7-2-4(10)1-6-5(7)3-12-8(6)11/h1-2,11H,3H2. The van der Waals surface area contributed by atoms with E-state index in [0.717, 1.165) is 5.56 Å². The van der Waals surface area contributed by atoms with Crippen LogP contribution in [0.15, 0.2) is 16.6 Å². The molecule has 2 nitrogen and oxygen atoms in total. The van der Waals surface area contributed by atoms with Gasteiger partial charge in [-0.25, -0.2) is 4.39 Å². The first kappa shape index (κ1) is 8.22. The normalized spacial score (nSPS) is 15.1. The molecule has 1 N–H and O–H groups in total. The molecule has 0 aromatic heterocycles. The van der Waals surface area contributed by atoms with E-state index >= 15 is 0 Å². The highest BCUT2D eigenvalue weighted by atomic mass is 79.9. The summed E-state index contributed by atoms with van der Waals surface area (Å²) in [7, 11) is -0.980. The van der Waals surface area contributed by atoms with Crippen molar-refractivity contribution in [3.63, 3.8) is 0 Å². The smallest absolute Gasteiger partial charge is 0.423 e. The molecule has 0 fully saturated rings. The second-order valence-corrected chi connectivity index (χ2v) is 3.47. The van der Waals surface area contributed by atoms with Crippen LogP contribution in [0.3, 0.4) is 0 Å². The minimum Gasteiger partial charge on any atom is -0.423 e. The zero-order chi connectivity index (χ0) is 8.72. The van der Waals surface area contributed by atoms with E-state index in [1.54, 1.807) is 0 Å². The molecule has 0 radical (unpaired) electrons. The first-order valence-corrected chi connectivity index (χ1v) is 4.25. The molecule has 0 amide bonds. The first-order valence-electron chi connectivity index (χ1n) is 3.46. The minimum absolute atomic E-state index is 0.331. The summed E-state index contributed by atoms with van der Waals surface area (Å²) in [6.07, 6.45) is 0. The SMILES string of the molecule is OB1OCc2c(Br)cc(F)cc21. The second kappa shape index (κ2) is 2.83. The van der Waals surface area contributed by atoms with Crippen molar-refractivity contribution in [2.75, 3.05) is 0 Å². The second-order valence-electron chi connectivity index (χ2n) is 2.62. The van der Waals surface area contributed by atoms with Crippen LogP contribution in [0, 0.1) is 5.82 Å². The van der Waals surface area contributed by atoms with E-state index in [0.29, 0.717) is 16.5 Å². The molecule has 0 saturated carbocycles. The summed E-state index contributed by atoms with van der Waals surface area (Å²) in [6, 6.07) is 2.65. The predicted octanol–water partition coefficient (Wildman–Crippen LogP) is 0.806. The third kappa shape index (κ3) is 1.18. The molecule has 2 rings (SSSR count). The molecule has 5 heteroatoms. The van der Waals surface area contributed by atoms with Crippen molar-refractivity contribution >= 4 is 28.5 Å². The number of rotatable bonds is 0. The molecule has 0 bridgehead atoms. The molecule has 0 saturated heterocycles. The van der Waals surface area contributed by atoms with Crippen LogP contribution in [0.1, 0.15) is 5.56 Å². The quantitative estimate of drug-likeness (QED) is 0.669. The van der Waals surface area contributed by atoms with Gasteiger partial charge >= 0.3 is 7.12 Å². The van der Waals surface area contributed by atoms with Crippen molar-refractivity contribution in [1.29, 1.82) is 0 Å². The Labute approximate surface area is 77.6 Å². The van der Waals surface area contributed by atoms with Crippen LogP contribution in [0.4, 0.5) is 4.39 Å². The number of halogens is 2. The maximum atomic E-state index is 12.8. The summed E-state index contributed by atoms with van der Waals surface area (Å²) in [5, 5.41) is 9.22. The molecule has 1 aliphatic rings. The summed E-state index contributed by atoms with van der Waals surface area (Å²) >= 11 is 3.19. The number of benzene rings is 1. The molecule has 0 atom stereocenters. The highest BCUT2D eigenvalue weighted by molar-refractivity contribution is 9.10. The van der Waals surface area contributed by atoms with Crippen molar-refractivity contribution < 1.29 is 14.1 Å². The van der Waals surface area contributed by atoms with Gasteiger partial charge in [-0.2, -0.15) is 0 Å². The van der Waals surface area contributed by atoms with E-state index in [4.69, 9.17) is 4.65 Å². The van der Waals surface area contributed by atoms with Crippen LogP contribution in [-0.2, 0) is 11.3 Å². The Hall–Kier alpha value is -0.385. The van der Waals surface area contributed by atoms with Crippen LogP contribution in [-0.4, -0.2) is 12.1 Å². The molecule has 0 unspecified atom stereocenters. The first-order chi connectivity index (χ1) is 5.68. The average Bonchev–Trinajstić information content (AvgIpc) is 2.33. The number of hydrogen-bond acceptors (Lipinski definition) is 2. The van der Waals surface area contributed by atoms with Crippen molar-refractivity contribution in [3.8, 4) is 0 Å². The number of fused-ring (bicyclic) bond motifs is 1. The van der Waals surface area contributed by atoms with E-state index < -0.39 is 7.12 Å². The van der Waals surface area contributed by atoms with E-state index in [2.05, 4.69) is 15.9 Å². The van der Waals surface area contributed by atoms with Gasteiger partial charge in [0.1, 0.15) is 5.82 Å². The third-order valence-corrected chi connectivity index (χ3v) is 2.55. The largest absolute Gasteiger partial charge is 0.491 e. The average molecular weight is 231 g/mol. The van der Waals surface area contributed by atoms with Gasteiger partial charge < -0.3 is 9.68 Å². The predicted molar refractivity (Wildman–Crippen MR) is 46.5 cm³/mol. The summed E-state index contributed by atoms with van der Waals surface area (Å²) in [5.74, 6) is -0.370. The van der Waals surface area contributed by atoms with Crippen LogP contribution in [0.5, 0.6) is 0 Å². The molecular weight excluding hydrogens is 226 g/mol. The fraction of sp³-hybridized carbons (Fsp3) is 0.143. The monoisotopic (exact) mass is 230 g/mol. The van der Waals surface area contributed by atoms with E-state index in [9.17, 15) is 9.41 Å². The lowest BCUT2D eigenvalue weighted by Gasteiger charge is -2.00. The van der Waals surface area contributed by atoms with Crippen LogP contribution in [0.25, 0.3) is 0 Å². The third-order valence-electron chi connectivity index (χ3n) is 1.85. The lowest BCUT2D eigenvalue weighted by atomic mass is 9.79. The van der Waals surface area contributed by atoms with Gasteiger partial charge in [-0.05, 0) is 23.2 Å². The molecule has 12 heavy (non-hydrogen) atoms. The molecule has 1 aliphatic heterocycles. The Balaban J connectivity index is 2.60. The lowest BCUT2D eigenvalue weighted by Crippen LogP contribution is -2.28. The van der Waals surface area contributed by atoms with Crippen molar-refractivity contribution in [2.24, 2.45) is 0 Å². The van der Waals surface area contributed by atoms with E-state index in [1.807, 2.05) is 0 Å². The van der Waals surface area contributed by atoms with Crippen LogP contribution >= 0.6 is 15.9 Å². The molecule has 1 aromatic carbocycles. The summed E-state index contributed by atoms with van der Waals surface area (Å²) in [4.78, 5) is 0. The summed E-state index contributed by atoms with van der Waals surface area (Å²) in [5.41, 5.74) is 1.34. The molecule has 62 valence electrons. The van der Waals surface area contributed by atoms with Gasteiger partial charge in [0.15, 0.2) is 0 Å². The van der Waals surface area contributed by atoms with Gasteiger partial charge in [0.25, 0.3) is 0 Å². The zero-order valence-electron chi connectivity index (χ0n) is 6.05. The minimum atomic E-state index is -0.980. The summed E-state index contributed by atoms with van der Waals surface area (Å²) in [6.45, 7) is 0.331. The highest BCUT2D eigenvalue weighted by Crippen LogP contribution is 2.21.